The zero-order valence-electron chi connectivity index (χ0n) is 12.1. The largest absolute Gasteiger partial charge is 0.487 e. The first-order chi connectivity index (χ1) is 10.5. The van der Waals surface area contributed by atoms with E-state index in [2.05, 4.69) is 4.99 Å². The molecule has 0 fully saturated rings. The van der Waals surface area contributed by atoms with E-state index in [1.807, 2.05) is 6.92 Å². The number of aliphatic imine (C=N–C) groups is 1. The third-order valence-corrected chi connectivity index (χ3v) is 3.64. The number of nitrogens with zero attached hydrogens (tertiary/aromatic N) is 1. The van der Waals surface area contributed by atoms with Crippen molar-refractivity contribution in [2.45, 2.75) is 19.8 Å². The van der Waals surface area contributed by atoms with Gasteiger partial charge < -0.3 is 19.5 Å². The minimum Gasteiger partial charge on any atom is -0.487 e. The zero-order chi connectivity index (χ0) is 16.1. The van der Waals surface area contributed by atoms with E-state index in [0.717, 1.165) is 5.56 Å². The van der Waals surface area contributed by atoms with Gasteiger partial charge in [0.15, 0.2) is 11.6 Å². The molecule has 0 radical (unpaired) electrons. The Morgan fingerprint density at radius 2 is 1.77 bits per heavy atom. The van der Waals surface area contributed by atoms with Gasteiger partial charge in [-0.15, -0.1) is 0 Å². The molecule has 0 aliphatic carbocycles. The molecule has 0 atom stereocenters. The second-order valence-corrected chi connectivity index (χ2v) is 5.67. The first-order valence-corrected chi connectivity index (χ1v) is 7.56. The summed E-state index contributed by atoms with van der Waals surface area (Å²) in [4.78, 5) is 4.03. The summed E-state index contributed by atoms with van der Waals surface area (Å²) in [6, 6.07) is 3.56. The number of aryl methyl sites for hydroxylation is 1. The van der Waals surface area contributed by atoms with Crippen molar-refractivity contribution in [2.75, 3.05) is 13.2 Å². The summed E-state index contributed by atoms with van der Waals surface area (Å²) in [6.07, 6.45) is 2.44. The highest BCUT2D eigenvalue weighted by Crippen LogP contribution is 2.33. The van der Waals surface area contributed by atoms with Gasteiger partial charge >= 0.3 is 7.12 Å². The van der Waals surface area contributed by atoms with Crippen LogP contribution in [-0.2, 0) is 4.74 Å². The van der Waals surface area contributed by atoms with Crippen molar-refractivity contribution in [3.8, 4) is 5.75 Å². The minimum atomic E-state index is -1.46. The maximum atomic E-state index is 9.01. The molecule has 0 aromatic heterocycles. The van der Waals surface area contributed by atoms with Crippen molar-refractivity contribution in [1.29, 1.82) is 0 Å². The Kier molecular flexibility index (Phi) is 6.14. The van der Waals surface area contributed by atoms with Crippen LogP contribution in [0.15, 0.2) is 28.8 Å². The van der Waals surface area contributed by atoms with Crippen LogP contribution in [0, 0.1) is 6.92 Å². The fraction of sp³-hybridized carbons (Fsp3) is 0.357. The third-order valence-electron chi connectivity index (χ3n) is 3.07. The molecule has 0 spiro atoms. The van der Waals surface area contributed by atoms with Crippen LogP contribution >= 0.6 is 23.2 Å². The molecule has 1 aliphatic rings. The predicted molar refractivity (Wildman–Crippen MR) is 87.6 cm³/mol. The lowest BCUT2D eigenvalue weighted by atomic mass is 9.77. The molecule has 1 aromatic carbocycles. The van der Waals surface area contributed by atoms with Crippen LogP contribution in [0.3, 0.4) is 0 Å². The summed E-state index contributed by atoms with van der Waals surface area (Å²) in [7, 11) is -1.46. The van der Waals surface area contributed by atoms with E-state index in [-0.39, 0.29) is 6.61 Å². The molecule has 1 heterocycles. The Labute approximate surface area is 139 Å². The van der Waals surface area contributed by atoms with Crippen molar-refractivity contribution in [1.82, 2.24) is 0 Å². The molecule has 0 saturated heterocycles. The van der Waals surface area contributed by atoms with Gasteiger partial charge in [-0.25, -0.2) is 4.99 Å². The maximum absolute atomic E-state index is 9.01. The standard InChI is InChI=1S/C14H16BCl2NO4/c1-9-6-11(16)14(12(17)7-9)22-5-4-21-13-3-2-10(8-18-13)15(19)20/h6-8,19-20H,2-5H2,1H3. The summed E-state index contributed by atoms with van der Waals surface area (Å²) >= 11 is 12.2. The molecule has 0 amide bonds. The minimum absolute atomic E-state index is 0.278. The van der Waals surface area contributed by atoms with Crippen molar-refractivity contribution in [2.24, 2.45) is 4.99 Å². The SMILES string of the molecule is Cc1cc(Cl)c(OCCOC2=NC=C(B(O)O)CC2)c(Cl)c1. The van der Waals surface area contributed by atoms with Crippen LogP contribution < -0.4 is 4.74 Å². The molecule has 1 aliphatic heterocycles. The maximum Gasteiger partial charge on any atom is 0.485 e. The van der Waals surface area contributed by atoms with Crippen LogP contribution in [0.1, 0.15) is 18.4 Å². The van der Waals surface area contributed by atoms with Gasteiger partial charge in [0.1, 0.15) is 13.2 Å². The van der Waals surface area contributed by atoms with Crippen LogP contribution in [0.2, 0.25) is 10.0 Å². The van der Waals surface area contributed by atoms with Gasteiger partial charge in [0.25, 0.3) is 0 Å². The average Bonchev–Trinajstić information content (AvgIpc) is 2.46. The van der Waals surface area contributed by atoms with Crippen LogP contribution in [0.25, 0.3) is 0 Å². The van der Waals surface area contributed by atoms with Crippen LogP contribution in [0.5, 0.6) is 5.75 Å². The molecule has 8 heteroatoms. The summed E-state index contributed by atoms with van der Waals surface area (Å²) in [5.74, 6) is 0.975. The molecule has 118 valence electrons. The molecule has 22 heavy (non-hydrogen) atoms. The Morgan fingerprint density at radius 3 is 2.32 bits per heavy atom. The van der Waals surface area contributed by atoms with E-state index in [0.29, 0.717) is 46.6 Å². The van der Waals surface area contributed by atoms with Crippen LogP contribution in [-0.4, -0.2) is 36.3 Å². The Bertz CT molecular complexity index is 582. The predicted octanol–water partition coefficient (Wildman–Crippen LogP) is 2.79. The zero-order valence-corrected chi connectivity index (χ0v) is 13.6. The second kappa shape index (κ2) is 7.88. The van der Waals surface area contributed by atoms with Crippen molar-refractivity contribution >= 4 is 36.2 Å². The lowest BCUT2D eigenvalue weighted by Gasteiger charge is -2.15. The number of allylic oxidation sites excluding steroid dienone is 1. The van der Waals surface area contributed by atoms with E-state index in [1.54, 1.807) is 12.1 Å². The number of hydrogen-bond acceptors (Lipinski definition) is 5. The smallest absolute Gasteiger partial charge is 0.485 e. The Balaban J connectivity index is 1.81. The number of hydrogen-bond donors (Lipinski definition) is 2. The monoisotopic (exact) mass is 343 g/mol. The highest BCUT2D eigenvalue weighted by molar-refractivity contribution is 6.50. The fourth-order valence-electron chi connectivity index (χ4n) is 1.97. The lowest BCUT2D eigenvalue weighted by molar-refractivity contribution is 0.205. The molecule has 1 aromatic rings. The normalized spacial score (nSPS) is 14.2. The topological polar surface area (TPSA) is 71.3 Å². The number of rotatable bonds is 5. The molecular weight excluding hydrogens is 328 g/mol. The molecule has 0 bridgehead atoms. The third kappa shape index (κ3) is 4.65. The van der Waals surface area contributed by atoms with E-state index >= 15 is 0 Å². The van der Waals surface area contributed by atoms with Gasteiger partial charge in [-0.1, -0.05) is 23.2 Å². The van der Waals surface area contributed by atoms with Crippen molar-refractivity contribution in [3.63, 3.8) is 0 Å². The van der Waals surface area contributed by atoms with Gasteiger partial charge in [-0.05, 0) is 36.5 Å². The van der Waals surface area contributed by atoms with Crippen molar-refractivity contribution < 1.29 is 19.5 Å². The number of halogens is 2. The summed E-state index contributed by atoms with van der Waals surface area (Å²) in [5.41, 5.74) is 1.44. The van der Waals surface area contributed by atoms with Gasteiger partial charge in [0, 0.05) is 12.6 Å². The Morgan fingerprint density at radius 1 is 1.14 bits per heavy atom. The van der Waals surface area contributed by atoms with E-state index in [4.69, 9.17) is 42.7 Å². The number of ether oxygens (including phenoxy) is 2. The second-order valence-electron chi connectivity index (χ2n) is 4.86. The lowest BCUT2D eigenvalue weighted by Crippen LogP contribution is -2.20. The molecule has 0 saturated carbocycles. The highest BCUT2D eigenvalue weighted by Gasteiger charge is 2.18. The quantitative estimate of drug-likeness (QED) is 0.637. The molecule has 5 nitrogen and oxygen atoms in total. The Hall–Kier alpha value is -1.21. The van der Waals surface area contributed by atoms with E-state index in [9.17, 15) is 0 Å². The fourth-order valence-corrected chi connectivity index (χ4v) is 2.67. The van der Waals surface area contributed by atoms with E-state index < -0.39 is 7.12 Å². The number of benzene rings is 1. The van der Waals surface area contributed by atoms with Gasteiger partial charge in [-0.2, -0.15) is 0 Å². The molecule has 0 unspecified atom stereocenters. The summed E-state index contributed by atoms with van der Waals surface area (Å²) < 4.78 is 11.0. The molecular formula is C14H16BCl2NO4. The molecule has 2 N–H and O–H groups in total. The van der Waals surface area contributed by atoms with E-state index in [1.165, 1.54) is 6.20 Å². The van der Waals surface area contributed by atoms with Gasteiger partial charge in [0.2, 0.25) is 0 Å². The van der Waals surface area contributed by atoms with Crippen molar-refractivity contribution in [3.05, 3.63) is 39.4 Å². The molecule has 2 rings (SSSR count). The summed E-state index contributed by atoms with van der Waals surface area (Å²) in [5, 5.41) is 18.9. The van der Waals surface area contributed by atoms with Gasteiger partial charge in [-0.3, -0.25) is 0 Å². The summed E-state index contributed by atoms with van der Waals surface area (Å²) in [6.45, 7) is 2.47. The van der Waals surface area contributed by atoms with Gasteiger partial charge in [0.05, 0.1) is 10.0 Å². The first-order valence-electron chi connectivity index (χ1n) is 6.80. The highest BCUT2D eigenvalue weighted by atomic mass is 35.5. The first kappa shape index (κ1) is 17.2. The average molecular weight is 344 g/mol. The van der Waals surface area contributed by atoms with Crippen LogP contribution in [0.4, 0.5) is 0 Å².